The molecule has 29 heavy (non-hydrogen) atoms. The zero-order valence-electron chi connectivity index (χ0n) is 16.9. The second-order valence-corrected chi connectivity index (χ2v) is 9.46. The van der Waals surface area contributed by atoms with Gasteiger partial charge in [0.15, 0.2) is 0 Å². The van der Waals surface area contributed by atoms with Crippen LogP contribution >= 0.6 is 15.9 Å². The predicted molar refractivity (Wildman–Crippen MR) is 119 cm³/mol. The van der Waals surface area contributed by atoms with Crippen LogP contribution in [0.2, 0.25) is 0 Å². The van der Waals surface area contributed by atoms with Crippen molar-refractivity contribution in [3.8, 4) is 11.3 Å². The van der Waals surface area contributed by atoms with Crippen LogP contribution in [0.5, 0.6) is 0 Å². The molecule has 2 aliphatic carbocycles. The average molecular weight is 449 g/mol. The third kappa shape index (κ3) is 2.76. The number of hydrogen-bond acceptors (Lipinski definition) is 2. The van der Waals surface area contributed by atoms with E-state index in [1.54, 1.807) is 0 Å². The lowest BCUT2D eigenvalue weighted by Crippen LogP contribution is -2.49. The number of hydrogen-bond donors (Lipinski definition) is 0. The fraction of sp³-hybridized carbons (Fsp3) is 0.360. The average Bonchev–Trinajstić information content (AvgIpc) is 3.08. The van der Waals surface area contributed by atoms with E-state index in [9.17, 15) is 4.79 Å². The molecule has 0 unspecified atom stereocenters. The summed E-state index contributed by atoms with van der Waals surface area (Å²) in [7, 11) is 2.06. The van der Waals surface area contributed by atoms with E-state index >= 15 is 0 Å². The molecular weight excluding hydrogens is 424 g/mol. The Bertz CT molecular complexity index is 1090. The molecule has 1 heterocycles. The maximum Gasteiger partial charge on any atom is 0.136 e. The molecule has 0 N–H and O–H groups in total. The van der Waals surface area contributed by atoms with E-state index in [1.807, 2.05) is 0 Å². The molecule has 1 fully saturated rings. The van der Waals surface area contributed by atoms with Crippen molar-refractivity contribution in [3.05, 3.63) is 75.9 Å². The smallest absolute Gasteiger partial charge is 0.136 e. The van der Waals surface area contributed by atoms with Gasteiger partial charge in [-0.15, -0.1) is 0 Å². The van der Waals surface area contributed by atoms with Gasteiger partial charge < -0.3 is 0 Å². The first-order valence-electron chi connectivity index (χ1n) is 10.4. The Morgan fingerprint density at radius 1 is 1.10 bits per heavy atom. The summed E-state index contributed by atoms with van der Waals surface area (Å²) >= 11 is 3.62. The van der Waals surface area contributed by atoms with Gasteiger partial charge in [0.05, 0.1) is 11.4 Å². The van der Waals surface area contributed by atoms with Crippen LogP contribution in [0.1, 0.15) is 43.0 Å². The quantitative estimate of drug-likeness (QED) is 0.503. The Balaban J connectivity index is 1.77. The fourth-order valence-corrected chi connectivity index (χ4v) is 6.26. The first kappa shape index (κ1) is 18.8. The number of aromatic nitrogens is 2. The zero-order chi connectivity index (χ0) is 20.2. The molecule has 3 aromatic rings. The molecule has 1 saturated carbocycles. The largest absolute Gasteiger partial charge is 0.299 e. The highest BCUT2D eigenvalue weighted by Crippen LogP contribution is 2.55. The summed E-state index contributed by atoms with van der Waals surface area (Å²) in [6.45, 7) is 2.13. The number of fused-ring (bicyclic) bond motifs is 3. The third-order valence-corrected chi connectivity index (χ3v) is 7.66. The maximum atomic E-state index is 12.6. The molecule has 0 spiro atoms. The van der Waals surface area contributed by atoms with Crippen LogP contribution in [-0.4, -0.2) is 15.6 Å². The number of Topliss-reactive ketones (excluding diaryl/α,β-unsaturated/α-hetero) is 1. The van der Waals surface area contributed by atoms with Crippen LogP contribution in [-0.2, 0) is 23.7 Å². The minimum Gasteiger partial charge on any atom is -0.299 e. The van der Waals surface area contributed by atoms with Crippen molar-refractivity contribution in [1.82, 2.24) is 9.78 Å². The van der Waals surface area contributed by atoms with E-state index in [0.717, 1.165) is 23.7 Å². The Morgan fingerprint density at radius 2 is 1.90 bits per heavy atom. The lowest BCUT2D eigenvalue weighted by atomic mass is 9.53. The molecule has 2 aromatic carbocycles. The van der Waals surface area contributed by atoms with Gasteiger partial charge in [0.1, 0.15) is 5.78 Å². The van der Waals surface area contributed by atoms with Crippen molar-refractivity contribution in [3.63, 3.8) is 0 Å². The Hall–Kier alpha value is -2.20. The fourth-order valence-electron chi connectivity index (χ4n) is 5.87. The van der Waals surface area contributed by atoms with Crippen LogP contribution in [0.15, 0.2) is 59.1 Å². The van der Waals surface area contributed by atoms with Gasteiger partial charge in [-0.25, -0.2) is 0 Å². The predicted octanol–water partition coefficient (Wildman–Crippen LogP) is 5.70. The van der Waals surface area contributed by atoms with E-state index in [4.69, 9.17) is 5.10 Å². The van der Waals surface area contributed by atoms with Crippen LogP contribution in [0.25, 0.3) is 11.3 Å². The number of aryl methyl sites for hydroxylation is 1. The topological polar surface area (TPSA) is 34.9 Å². The highest BCUT2D eigenvalue weighted by atomic mass is 79.9. The van der Waals surface area contributed by atoms with Crippen LogP contribution in [0, 0.1) is 11.8 Å². The molecule has 0 bridgehead atoms. The Kier molecular flexibility index (Phi) is 4.50. The summed E-state index contributed by atoms with van der Waals surface area (Å²) in [5.41, 5.74) is 6.08. The van der Waals surface area contributed by atoms with E-state index in [2.05, 4.69) is 89.2 Å². The monoisotopic (exact) mass is 448 g/mol. The van der Waals surface area contributed by atoms with Crippen molar-refractivity contribution in [2.24, 2.45) is 18.9 Å². The van der Waals surface area contributed by atoms with Gasteiger partial charge in [-0.3, -0.25) is 9.48 Å². The van der Waals surface area contributed by atoms with Crippen LogP contribution in [0.3, 0.4) is 0 Å². The minimum absolute atomic E-state index is 0.0773. The number of nitrogens with zero attached hydrogens (tertiary/aromatic N) is 2. The number of carbonyl (C=O) groups excluding carboxylic acids is 1. The number of halogens is 1. The maximum absolute atomic E-state index is 12.6. The van der Waals surface area contributed by atoms with Crippen LogP contribution in [0.4, 0.5) is 0 Å². The normalized spacial score (nSPS) is 26.1. The molecule has 4 heteroatoms. The van der Waals surface area contributed by atoms with Gasteiger partial charge >= 0.3 is 0 Å². The summed E-state index contributed by atoms with van der Waals surface area (Å²) in [6, 6.07) is 19.3. The van der Waals surface area contributed by atoms with Gasteiger partial charge in [0, 0.05) is 40.4 Å². The number of carbonyl (C=O) groups is 1. The highest BCUT2D eigenvalue weighted by molar-refractivity contribution is 9.10. The molecule has 0 radical (unpaired) electrons. The molecule has 2 aliphatic rings. The number of rotatable bonds is 2. The molecule has 5 rings (SSSR count). The summed E-state index contributed by atoms with van der Waals surface area (Å²) in [6.07, 6.45) is 3.49. The standard InChI is InChI=1S/C25H25BrN2O/c1-16-21-12-11-20-23(17-7-6-10-19(26)15-17)28(2)27-24(20)25(21,14-13-22(16)29)18-8-4-3-5-9-18/h3-10,15-16,21H,11-14H2,1-2H3/t16-,21-,25+/m0/s1. The Morgan fingerprint density at radius 3 is 2.66 bits per heavy atom. The molecule has 148 valence electrons. The van der Waals surface area contributed by atoms with Gasteiger partial charge in [0.25, 0.3) is 0 Å². The van der Waals surface area contributed by atoms with Crippen molar-refractivity contribution in [1.29, 1.82) is 0 Å². The van der Waals surface area contributed by atoms with E-state index < -0.39 is 0 Å². The minimum atomic E-state index is -0.176. The van der Waals surface area contributed by atoms with Gasteiger partial charge in [-0.1, -0.05) is 65.3 Å². The third-order valence-electron chi connectivity index (χ3n) is 7.17. The zero-order valence-corrected chi connectivity index (χ0v) is 18.4. The lowest BCUT2D eigenvalue weighted by molar-refractivity contribution is -0.128. The van der Waals surface area contributed by atoms with E-state index in [1.165, 1.54) is 28.1 Å². The molecule has 0 amide bonds. The summed E-state index contributed by atoms with van der Waals surface area (Å²) in [5, 5.41) is 5.14. The number of benzene rings is 2. The molecule has 1 aromatic heterocycles. The van der Waals surface area contributed by atoms with E-state index in [-0.39, 0.29) is 11.3 Å². The van der Waals surface area contributed by atoms with Gasteiger partial charge in [-0.05, 0) is 42.9 Å². The van der Waals surface area contributed by atoms with Crippen LogP contribution < -0.4 is 0 Å². The molecule has 0 aliphatic heterocycles. The van der Waals surface area contributed by atoms with E-state index in [0.29, 0.717) is 18.1 Å². The Labute approximate surface area is 180 Å². The molecular formula is C25H25BrN2O. The summed E-state index contributed by atoms with van der Waals surface area (Å²) in [4.78, 5) is 12.6. The van der Waals surface area contributed by atoms with Gasteiger partial charge in [0.2, 0.25) is 0 Å². The highest BCUT2D eigenvalue weighted by Gasteiger charge is 2.54. The van der Waals surface area contributed by atoms with Gasteiger partial charge in [-0.2, -0.15) is 5.10 Å². The molecule has 3 atom stereocenters. The lowest BCUT2D eigenvalue weighted by Gasteiger charge is -2.49. The first-order valence-corrected chi connectivity index (χ1v) is 11.2. The number of ketones is 1. The summed E-state index contributed by atoms with van der Waals surface area (Å²) in [5.74, 6) is 0.797. The van der Waals surface area contributed by atoms with Crippen molar-refractivity contribution in [2.75, 3.05) is 0 Å². The first-order chi connectivity index (χ1) is 14.0. The SMILES string of the molecule is C[C@@H]1C(=O)CC[C@]2(c3ccccc3)c3nn(C)c(-c4cccc(Br)c4)c3CC[C@@H]12. The second kappa shape index (κ2) is 6.94. The van der Waals surface area contributed by atoms with Crippen molar-refractivity contribution >= 4 is 21.7 Å². The molecule has 0 saturated heterocycles. The molecule has 3 nitrogen and oxygen atoms in total. The second-order valence-electron chi connectivity index (χ2n) is 8.55. The van der Waals surface area contributed by atoms with Crippen molar-refractivity contribution in [2.45, 2.75) is 38.0 Å². The van der Waals surface area contributed by atoms with Crippen molar-refractivity contribution < 1.29 is 4.79 Å². The summed E-state index contributed by atoms with van der Waals surface area (Å²) < 4.78 is 3.13.